The van der Waals surface area contributed by atoms with Crippen molar-refractivity contribution >= 4 is 5.69 Å². The Morgan fingerprint density at radius 1 is 1.29 bits per heavy atom. The molecule has 0 amide bonds. The third-order valence-electron chi connectivity index (χ3n) is 6.64. The number of likely N-dealkylation sites (tertiary alicyclic amines) is 1. The first-order valence-electron chi connectivity index (χ1n) is 11.8. The minimum Gasteiger partial charge on any atom is -0.493 e. The number of nitrogens with one attached hydrogen (secondary N) is 1. The first-order chi connectivity index (χ1) is 15.2. The second kappa shape index (κ2) is 10.2. The highest BCUT2D eigenvalue weighted by Crippen LogP contribution is 2.38. The molecule has 0 aromatic heterocycles. The molecule has 2 heterocycles. The van der Waals surface area contributed by atoms with Gasteiger partial charge in [-0.2, -0.15) is 0 Å². The van der Waals surface area contributed by atoms with Crippen LogP contribution in [0.1, 0.15) is 55.2 Å². The molecule has 1 N–H and O–H groups in total. The summed E-state index contributed by atoms with van der Waals surface area (Å²) in [6, 6.07) is 13.8. The number of benzene rings is 2. The van der Waals surface area contributed by atoms with Crippen molar-refractivity contribution in [1.29, 1.82) is 0 Å². The molecule has 31 heavy (non-hydrogen) atoms. The molecule has 4 nitrogen and oxygen atoms in total. The number of ether oxygens (including phenoxy) is 2. The SMILES string of the molecule is C=CCN1CC(c2ccc3c(c2)OCN3)CC1CCc1cccc(C)c1OCCCC. The van der Waals surface area contributed by atoms with Gasteiger partial charge in [0.2, 0.25) is 0 Å². The van der Waals surface area contributed by atoms with Crippen LogP contribution in [0.4, 0.5) is 5.69 Å². The molecule has 0 radical (unpaired) electrons. The number of nitrogens with zero attached hydrogens (tertiary/aromatic N) is 1. The Labute approximate surface area is 187 Å². The maximum absolute atomic E-state index is 6.18. The van der Waals surface area contributed by atoms with E-state index in [0.29, 0.717) is 18.7 Å². The summed E-state index contributed by atoms with van der Waals surface area (Å²) in [4.78, 5) is 2.59. The van der Waals surface area contributed by atoms with Crippen molar-refractivity contribution in [2.45, 2.75) is 57.9 Å². The summed E-state index contributed by atoms with van der Waals surface area (Å²) < 4.78 is 11.9. The van der Waals surface area contributed by atoms with Crippen molar-refractivity contribution in [3.63, 3.8) is 0 Å². The molecule has 0 bridgehead atoms. The number of hydrogen-bond donors (Lipinski definition) is 1. The molecule has 0 aliphatic carbocycles. The minimum atomic E-state index is 0.539. The Kier molecular flexibility index (Phi) is 7.18. The lowest BCUT2D eigenvalue weighted by Gasteiger charge is -2.23. The van der Waals surface area contributed by atoms with Crippen LogP contribution < -0.4 is 14.8 Å². The van der Waals surface area contributed by atoms with Gasteiger partial charge in [-0.3, -0.25) is 4.90 Å². The molecule has 2 aliphatic heterocycles. The first-order valence-corrected chi connectivity index (χ1v) is 11.8. The van der Waals surface area contributed by atoms with E-state index in [1.807, 2.05) is 6.08 Å². The molecule has 0 saturated carbocycles. The number of unbranched alkanes of at least 4 members (excludes halogenated alkanes) is 1. The van der Waals surface area contributed by atoms with E-state index in [2.05, 4.69) is 67.0 Å². The molecule has 2 aliphatic rings. The second-order valence-electron chi connectivity index (χ2n) is 8.85. The normalized spacial score (nSPS) is 20.2. The van der Waals surface area contributed by atoms with Gasteiger partial charge < -0.3 is 14.8 Å². The fraction of sp³-hybridized carbons (Fsp3) is 0.481. The number of rotatable bonds is 10. The fourth-order valence-electron chi connectivity index (χ4n) is 4.92. The smallest absolute Gasteiger partial charge is 0.159 e. The maximum Gasteiger partial charge on any atom is 0.159 e. The summed E-state index contributed by atoms with van der Waals surface area (Å²) in [7, 11) is 0. The van der Waals surface area contributed by atoms with E-state index < -0.39 is 0 Å². The first kappa shape index (κ1) is 21.8. The Hall–Kier alpha value is -2.46. The van der Waals surface area contributed by atoms with Crippen LogP contribution >= 0.6 is 0 Å². The molecule has 0 spiro atoms. The number of aryl methyl sites for hydroxylation is 2. The van der Waals surface area contributed by atoms with Gasteiger partial charge in [0, 0.05) is 19.1 Å². The van der Waals surface area contributed by atoms with Gasteiger partial charge in [-0.1, -0.05) is 43.7 Å². The molecule has 2 aromatic rings. The molecular weight excluding hydrogens is 384 g/mol. The minimum absolute atomic E-state index is 0.539. The zero-order valence-corrected chi connectivity index (χ0v) is 19.0. The van der Waals surface area contributed by atoms with Gasteiger partial charge in [0.15, 0.2) is 6.73 Å². The van der Waals surface area contributed by atoms with Crippen molar-refractivity contribution in [2.75, 3.05) is 31.7 Å². The summed E-state index contributed by atoms with van der Waals surface area (Å²) in [5.74, 6) is 2.63. The lowest BCUT2D eigenvalue weighted by atomic mass is 9.93. The van der Waals surface area contributed by atoms with Crippen LogP contribution in [0.2, 0.25) is 0 Å². The Morgan fingerprint density at radius 2 is 2.19 bits per heavy atom. The van der Waals surface area contributed by atoms with Crippen LogP contribution in [0, 0.1) is 6.92 Å². The van der Waals surface area contributed by atoms with Crippen molar-refractivity contribution < 1.29 is 9.47 Å². The van der Waals surface area contributed by atoms with Crippen molar-refractivity contribution in [3.05, 3.63) is 65.7 Å². The number of fused-ring (bicyclic) bond motifs is 1. The quantitative estimate of drug-likeness (QED) is 0.382. The van der Waals surface area contributed by atoms with Crippen molar-refractivity contribution in [3.8, 4) is 11.5 Å². The van der Waals surface area contributed by atoms with E-state index in [1.54, 1.807) is 0 Å². The van der Waals surface area contributed by atoms with Gasteiger partial charge >= 0.3 is 0 Å². The summed E-state index contributed by atoms with van der Waals surface area (Å²) >= 11 is 0. The van der Waals surface area contributed by atoms with Crippen molar-refractivity contribution in [2.24, 2.45) is 0 Å². The average molecular weight is 421 g/mol. The van der Waals surface area contributed by atoms with E-state index >= 15 is 0 Å². The Morgan fingerprint density at radius 3 is 3.03 bits per heavy atom. The molecule has 2 atom stereocenters. The van der Waals surface area contributed by atoms with Crippen LogP contribution in [0.25, 0.3) is 0 Å². The van der Waals surface area contributed by atoms with Crippen LogP contribution in [-0.2, 0) is 6.42 Å². The van der Waals surface area contributed by atoms with E-state index in [-0.39, 0.29) is 0 Å². The monoisotopic (exact) mass is 420 g/mol. The topological polar surface area (TPSA) is 33.7 Å². The predicted molar refractivity (Wildman–Crippen MR) is 128 cm³/mol. The lowest BCUT2D eigenvalue weighted by Crippen LogP contribution is -2.30. The average Bonchev–Trinajstić information content (AvgIpc) is 3.40. The largest absolute Gasteiger partial charge is 0.493 e. The molecule has 4 heteroatoms. The second-order valence-corrected chi connectivity index (χ2v) is 8.85. The molecule has 4 rings (SSSR count). The van der Waals surface area contributed by atoms with Crippen LogP contribution in [0.3, 0.4) is 0 Å². The summed E-state index contributed by atoms with van der Waals surface area (Å²) in [5.41, 5.74) is 5.08. The molecule has 2 unspecified atom stereocenters. The molecule has 166 valence electrons. The maximum atomic E-state index is 6.18. The summed E-state index contributed by atoms with van der Waals surface area (Å²) in [6.45, 7) is 11.8. The Bertz CT molecular complexity index is 895. The highest BCUT2D eigenvalue weighted by molar-refractivity contribution is 5.60. The van der Waals surface area contributed by atoms with Gasteiger partial charge in [-0.15, -0.1) is 6.58 Å². The highest BCUT2D eigenvalue weighted by Gasteiger charge is 2.32. The molecule has 1 fully saturated rings. The van der Waals surface area contributed by atoms with Gasteiger partial charge in [0.25, 0.3) is 0 Å². The van der Waals surface area contributed by atoms with E-state index in [1.165, 1.54) is 23.1 Å². The zero-order valence-electron chi connectivity index (χ0n) is 19.0. The van der Waals surface area contributed by atoms with Crippen LogP contribution in [0.5, 0.6) is 11.5 Å². The third kappa shape index (κ3) is 5.07. The zero-order chi connectivity index (χ0) is 21.6. The number of hydrogen-bond acceptors (Lipinski definition) is 4. The van der Waals surface area contributed by atoms with Gasteiger partial charge in [0.1, 0.15) is 11.5 Å². The van der Waals surface area contributed by atoms with Crippen LogP contribution in [-0.4, -0.2) is 37.4 Å². The standard InChI is InChI=1S/C27H36N2O2/c1-4-6-15-30-27-20(3)8-7-9-21(27)10-12-24-16-23(18-29(24)14-5-2)22-11-13-25-26(17-22)31-19-28-25/h5,7-9,11,13,17,23-24,28H,2,4,6,10,12,14-16,18-19H2,1,3H3. The molecule has 1 saturated heterocycles. The number of anilines is 1. The highest BCUT2D eigenvalue weighted by atomic mass is 16.5. The number of para-hydroxylation sites is 1. The van der Waals surface area contributed by atoms with E-state index in [0.717, 1.165) is 62.6 Å². The van der Waals surface area contributed by atoms with Crippen LogP contribution in [0.15, 0.2) is 49.1 Å². The molecular formula is C27H36N2O2. The fourth-order valence-corrected chi connectivity index (χ4v) is 4.92. The van der Waals surface area contributed by atoms with Crippen molar-refractivity contribution in [1.82, 2.24) is 4.90 Å². The van der Waals surface area contributed by atoms with E-state index in [4.69, 9.17) is 9.47 Å². The molecule has 2 aromatic carbocycles. The van der Waals surface area contributed by atoms with Gasteiger partial charge in [-0.25, -0.2) is 0 Å². The lowest BCUT2D eigenvalue weighted by molar-refractivity contribution is 0.265. The summed E-state index contributed by atoms with van der Waals surface area (Å²) in [6.07, 6.45) is 7.66. The van der Waals surface area contributed by atoms with E-state index in [9.17, 15) is 0 Å². The summed E-state index contributed by atoms with van der Waals surface area (Å²) in [5, 5.41) is 3.26. The van der Waals surface area contributed by atoms with Gasteiger partial charge in [0.05, 0.1) is 12.3 Å². The predicted octanol–water partition coefficient (Wildman–Crippen LogP) is 5.91. The Balaban J connectivity index is 1.44. The van der Waals surface area contributed by atoms with Gasteiger partial charge in [-0.05, 0) is 67.3 Å². The third-order valence-corrected chi connectivity index (χ3v) is 6.64.